The quantitative estimate of drug-likeness (QED) is 0.823. The normalized spacial score (nSPS) is 13.9. The zero-order valence-corrected chi connectivity index (χ0v) is 13.9. The Balaban J connectivity index is 1.97. The lowest BCUT2D eigenvalue weighted by atomic mass is 9.94. The molecule has 4 nitrogen and oxygen atoms in total. The highest BCUT2D eigenvalue weighted by Crippen LogP contribution is 2.26. The van der Waals surface area contributed by atoms with Crippen molar-refractivity contribution in [2.24, 2.45) is 0 Å². The third-order valence-corrected chi connectivity index (χ3v) is 5.17. The molecule has 114 valence electrons. The van der Waals surface area contributed by atoms with Gasteiger partial charge in [0.1, 0.15) is 5.01 Å². The van der Waals surface area contributed by atoms with E-state index in [9.17, 15) is 4.79 Å². The van der Waals surface area contributed by atoms with Crippen molar-refractivity contribution in [2.45, 2.75) is 38.6 Å². The van der Waals surface area contributed by atoms with E-state index in [0.29, 0.717) is 6.42 Å². The van der Waals surface area contributed by atoms with Crippen LogP contribution in [0.4, 0.5) is 0 Å². The van der Waals surface area contributed by atoms with Crippen LogP contribution in [0.3, 0.4) is 0 Å². The zero-order valence-electron chi connectivity index (χ0n) is 12.3. The van der Waals surface area contributed by atoms with Crippen molar-refractivity contribution in [2.75, 3.05) is 6.61 Å². The van der Waals surface area contributed by atoms with Crippen molar-refractivity contribution >= 4 is 28.6 Å². The van der Waals surface area contributed by atoms with Crippen LogP contribution < -0.4 is 5.32 Å². The molecule has 1 amide bonds. The second-order valence-electron chi connectivity index (χ2n) is 5.27. The Morgan fingerprint density at radius 3 is 2.90 bits per heavy atom. The van der Waals surface area contributed by atoms with Gasteiger partial charge in [0.2, 0.25) is 5.91 Å². The average Bonchev–Trinajstić information content (AvgIpc) is 3.09. The van der Waals surface area contributed by atoms with Gasteiger partial charge in [0.15, 0.2) is 0 Å². The first kappa shape index (κ1) is 16.1. The fraction of sp³-hybridized carbons (Fsp3) is 0.467. The predicted molar refractivity (Wildman–Crippen MR) is 87.7 cm³/mol. The van der Waals surface area contributed by atoms with Crippen LogP contribution >= 0.6 is 22.7 Å². The van der Waals surface area contributed by atoms with Crippen molar-refractivity contribution in [1.82, 2.24) is 10.3 Å². The van der Waals surface area contributed by atoms with Crippen molar-refractivity contribution in [3.8, 4) is 10.6 Å². The molecule has 0 bridgehead atoms. The van der Waals surface area contributed by atoms with Gasteiger partial charge in [-0.2, -0.15) is 11.3 Å². The molecule has 0 fully saturated rings. The van der Waals surface area contributed by atoms with E-state index in [4.69, 9.17) is 5.11 Å². The summed E-state index contributed by atoms with van der Waals surface area (Å²) in [5, 5.41) is 19.0. The molecule has 21 heavy (non-hydrogen) atoms. The van der Waals surface area contributed by atoms with Gasteiger partial charge in [0.05, 0.1) is 12.1 Å². The summed E-state index contributed by atoms with van der Waals surface area (Å²) < 4.78 is 0. The minimum atomic E-state index is -0.349. The third kappa shape index (κ3) is 4.36. The summed E-state index contributed by atoms with van der Waals surface area (Å²) in [4.78, 5) is 16.6. The number of nitrogens with zero attached hydrogens (tertiary/aromatic N) is 1. The van der Waals surface area contributed by atoms with Gasteiger partial charge in [-0.05, 0) is 31.2 Å². The average molecular weight is 324 g/mol. The van der Waals surface area contributed by atoms with Gasteiger partial charge in [-0.15, -0.1) is 11.3 Å². The second-order valence-corrected chi connectivity index (χ2v) is 6.91. The SMILES string of the molecule is CCC(C)(CCO)NC(=O)Cc1csc(-c2ccsc2)n1. The maximum Gasteiger partial charge on any atom is 0.226 e. The first-order valence-corrected chi connectivity index (χ1v) is 8.77. The van der Waals surface area contributed by atoms with Gasteiger partial charge in [-0.25, -0.2) is 4.98 Å². The molecule has 1 atom stereocenters. The highest BCUT2D eigenvalue weighted by atomic mass is 32.1. The van der Waals surface area contributed by atoms with Crippen LogP contribution in [0.1, 0.15) is 32.4 Å². The minimum absolute atomic E-state index is 0.0463. The maximum absolute atomic E-state index is 12.1. The van der Waals surface area contributed by atoms with Crippen LogP contribution in [0.15, 0.2) is 22.2 Å². The number of aliphatic hydroxyl groups is 1. The zero-order chi connectivity index (χ0) is 15.3. The number of carbonyl (C=O) groups excluding carboxylic acids is 1. The summed E-state index contributed by atoms with van der Waals surface area (Å²) >= 11 is 3.20. The van der Waals surface area contributed by atoms with E-state index in [1.807, 2.05) is 30.7 Å². The van der Waals surface area contributed by atoms with Crippen LogP contribution in [-0.4, -0.2) is 28.1 Å². The molecule has 0 aliphatic carbocycles. The lowest BCUT2D eigenvalue weighted by Gasteiger charge is -2.28. The molecule has 0 saturated carbocycles. The molecule has 0 spiro atoms. The van der Waals surface area contributed by atoms with E-state index in [1.54, 1.807) is 22.7 Å². The smallest absolute Gasteiger partial charge is 0.226 e. The molecule has 0 aliphatic heterocycles. The number of amides is 1. The molecule has 2 aromatic heterocycles. The van der Waals surface area contributed by atoms with Gasteiger partial charge in [0.25, 0.3) is 0 Å². The molecule has 0 aromatic carbocycles. The van der Waals surface area contributed by atoms with Gasteiger partial charge < -0.3 is 10.4 Å². The van der Waals surface area contributed by atoms with Crippen molar-refractivity contribution in [3.05, 3.63) is 27.9 Å². The summed E-state index contributed by atoms with van der Waals surface area (Å²) in [6.07, 6.45) is 1.63. The molecule has 0 radical (unpaired) electrons. The minimum Gasteiger partial charge on any atom is -0.396 e. The fourth-order valence-corrected chi connectivity index (χ4v) is 3.56. The van der Waals surface area contributed by atoms with Crippen molar-refractivity contribution in [1.29, 1.82) is 0 Å². The number of thiophene rings is 1. The van der Waals surface area contributed by atoms with Crippen molar-refractivity contribution < 1.29 is 9.90 Å². The van der Waals surface area contributed by atoms with E-state index in [2.05, 4.69) is 15.7 Å². The van der Waals surface area contributed by atoms with Crippen molar-refractivity contribution in [3.63, 3.8) is 0 Å². The predicted octanol–water partition coefficient (Wildman–Crippen LogP) is 3.08. The van der Waals surface area contributed by atoms with Crippen LogP contribution in [0.5, 0.6) is 0 Å². The van der Waals surface area contributed by atoms with E-state index >= 15 is 0 Å². The number of hydrogen-bond donors (Lipinski definition) is 2. The Bertz CT molecular complexity index is 580. The lowest BCUT2D eigenvalue weighted by Crippen LogP contribution is -2.46. The Kier molecular flexibility index (Phi) is 5.50. The molecule has 0 aliphatic rings. The first-order chi connectivity index (χ1) is 10.1. The number of nitrogens with one attached hydrogen (secondary N) is 1. The molecule has 2 rings (SSSR count). The topological polar surface area (TPSA) is 62.2 Å². The number of rotatable bonds is 7. The Hall–Kier alpha value is -1.24. The molecular weight excluding hydrogens is 304 g/mol. The molecule has 2 aromatic rings. The largest absolute Gasteiger partial charge is 0.396 e. The van der Waals surface area contributed by atoms with E-state index < -0.39 is 0 Å². The highest BCUT2D eigenvalue weighted by molar-refractivity contribution is 7.14. The number of thiazole rings is 1. The molecule has 0 saturated heterocycles. The molecule has 6 heteroatoms. The van der Waals surface area contributed by atoms with E-state index in [0.717, 1.165) is 22.7 Å². The van der Waals surface area contributed by atoms with Gasteiger partial charge in [-0.1, -0.05) is 6.92 Å². The Morgan fingerprint density at radius 1 is 1.48 bits per heavy atom. The first-order valence-electron chi connectivity index (χ1n) is 6.95. The molecule has 1 unspecified atom stereocenters. The number of aliphatic hydroxyl groups excluding tert-OH is 1. The Morgan fingerprint density at radius 2 is 2.29 bits per heavy atom. The molecule has 2 heterocycles. The van der Waals surface area contributed by atoms with Gasteiger partial charge >= 0.3 is 0 Å². The summed E-state index contributed by atoms with van der Waals surface area (Å²) in [7, 11) is 0. The van der Waals surface area contributed by atoms with Crippen LogP contribution in [0.2, 0.25) is 0 Å². The molecular formula is C15H20N2O2S2. The fourth-order valence-electron chi connectivity index (χ4n) is 2.03. The van der Waals surface area contributed by atoms with Crippen LogP contribution in [-0.2, 0) is 11.2 Å². The summed E-state index contributed by atoms with van der Waals surface area (Å²) in [6, 6.07) is 2.03. The maximum atomic E-state index is 12.1. The van der Waals surface area contributed by atoms with Crippen LogP contribution in [0, 0.1) is 0 Å². The summed E-state index contributed by atoms with van der Waals surface area (Å²) in [6.45, 7) is 4.04. The third-order valence-electron chi connectivity index (χ3n) is 3.55. The van der Waals surface area contributed by atoms with E-state index in [1.165, 1.54) is 0 Å². The van der Waals surface area contributed by atoms with Gasteiger partial charge in [0, 0.05) is 28.5 Å². The standard InChI is InChI=1S/C15H20N2O2S2/c1-3-15(2,5-6-18)17-13(19)8-12-10-21-14(16-12)11-4-7-20-9-11/h4,7,9-10,18H,3,5-6,8H2,1-2H3,(H,17,19). The lowest BCUT2D eigenvalue weighted by molar-refractivity contribution is -0.122. The molecule has 2 N–H and O–H groups in total. The Labute approximate surface area is 132 Å². The number of aromatic nitrogens is 1. The van der Waals surface area contributed by atoms with E-state index in [-0.39, 0.29) is 24.5 Å². The highest BCUT2D eigenvalue weighted by Gasteiger charge is 2.23. The van der Waals surface area contributed by atoms with Gasteiger partial charge in [-0.3, -0.25) is 4.79 Å². The summed E-state index contributed by atoms with van der Waals surface area (Å²) in [5.74, 6) is -0.0463. The second kappa shape index (κ2) is 7.15. The number of hydrogen-bond acceptors (Lipinski definition) is 5. The summed E-state index contributed by atoms with van der Waals surface area (Å²) in [5.41, 5.74) is 1.55. The number of carbonyl (C=O) groups is 1. The van der Waals surface area contributed by atoms with Crippen LogP contribution in [0.25, 0.3) is 10.6 Å². The monoisotopic (exact) mass is 324 g/mol.